The van der Waals surface area contributed by atoms with Crippen LogP contribution in [0.4, 0.5) is 4.39 Å². The van der Waals surface area contributed by atoms with Crippen LogP contribution < -0.4 is 5.32 Å². The van der Waals surface area contributed by atoms with Crippen LogP contribution in [-0.2, 0) is 17.9 Å². The summed E-state index contributed by atoms with van der Waals surface area (Å²) in [6.45, 7) is 2.22. The minimum atomic E-state index is -1.11. The van der Waals surface area contributed by atoms with Gasteiger partial charge in [-0.3, -0.25) is 9.59 Å². The van der Waals surface area contributed by atoms with Crippen LogP contribution in [0.5, 0.6) is 0 Å². The van der Waals surface area contributed by atoms with Crippen LogP contribution in [0, 0.1) is 5.82 Å². The molecule has 1 atom stereocenters. The predicted molar refractivity (Wildman–Crippen MR) is 120 cm³/mol. The van der Waals surface area contributed by atoms with Crippen molar-refractivity contribution < 1.29 is 14.0 Å². The third kappa shape index (κ3) is 3.45. The second-order valence-electron chi connectivity index (χ2n) is 8.86. The highest BCUT2D eigenvalue weighted by Crippen LogP contribution is 2.36. The summed E-state index contributed by atoms with van der Waals surface area (Å²) in [4.78, 5) is 29.8. The van der Waals surface area contributed by atoms with Gasteiger partial charge in [-0.2, -0.15) is 0 Å². The SMILES string of the molecule is C[C@]1(C(=O)NC2CCCCC2)Cn2c(cc3ccsc32)C(=O)N1Cc1ccccc1F. The van der Waals surface area contributed by atoms with E-state index in [4.69, 9.17) is 0 Å². The highest BCUT2D eigenvalue weighted by Gasteiger charge is 2.48. The predicted octanol–water partition coefficient (Wildman–Crippen LogP) is 4.71. The number of hydrogen-bond acceptors (Lipinski definition) is 3. The van der Waals surface area contributed by atoms with Crippen LogP contribution in [0.2, 0.25) is 0 Å². The molecule has 2 aliphatic rings. The van der Waals surface area contributed by atoms with Crippen LogP contribution in [0.25, 0.3) is 10.2 Å². The van der Waals surface area contributed by atoms with E-state index in [1.807, 2.05) is 29.0 Å². The van der Waals surface area contributed by atoms with Crippen molar-refractivity contribution in [1.82, 2.24) is 14.8 Å². The summed E-state index contributed by atoms with van der Waals surface area (Å²) in [6.07, 6.45) is 5.35. The van der Waals surface area contributed by atoms with Crippen molar-refractivity contribution in [3.63, 3.8) is 0 Å². The molecular formula is C24H26FN3O2S. The average Bonchev–Trinajstić information content (AvgIpc) is 3.35. The first-order valence-corrected chi connectivity index (χ1v) is 11.8. The second-order valence-corrected chi connectivity index (χ2v) is 9.76. The van der Waals surface area contributed by atoms with E-state index >= 15 is 0 Å². The summed E-state index contributed by atoms with van der Waals surface area (Å²) < 4.78 is 16.4. The monoisotopic (exact) mass is 439 g/mol. The lowest BCUT2D eigenvalue weighted by Crippen LogP contribution is -2.64. The summed E-state index contributed by atoms with van der Waals surface area (Å²) in [5.74, 6) is -0.764. The molecule has 162 valence electrons. The molecule has 5 nitrogen and oxygen atoms in total. The summed E-state index contributed by atoms with van der Waals surface area (Å²) >= 11 is 1.57. The number of carbonyl (C=O) groups is 2. The van der Waals surface area contributed by atoms with E-state index in [1.165, 1.54) is 12.5 Å². The van der Waals surface area contributed by atoms with Gasteiger partial charge in [0.2, 0.25) is 5.91 Å². The standard InChI is InChI=1S/C24H26FN3O2S/c1-24(23(30)26-18-8-3-2-4-9-18)15-27-20(13-16-11-12-31-22(16)27)21(29)28(24)14-17-7-5-6-10-19(17)25/h5-7,10-13,18H,2-4,8-9,14-15H2,1H3,(H,26,30)/t24-/m1/s1. The van der Waals surface area contributed by atoms with Crippen molar-refractivity contribution in [2.45, 2.75) is 63.7 Å². The molecule has 7 heteroatoms. The number of nitrogens with zero attached hydrogens (tertiary/aromatic N) is 2. The largest absolute Gasteiger partial charge is 0.351 e. The number of fused-ring (bicyclic) bond motifs is 3. The Bertz CT molecular complexity index is 1150. The quantitative estimate of drug-likeness (QED) is 0.640. The molecule has 1 fully saturated rings. The molecule has 3 heterocycles. The number of benzene rings is 1. The molecule has 1 saturated carbocycles. The van der Waals surface area contributed by atoms with Crippen LogP contribution >= 0.6 is 11.3 Å². The van der Waals surface area contributed by atoms with Gasteiger partial charge in [-0.1, -0.05) is 37.5 Å². The molecule has 0 spiro atoms. The third-order valence-electron chi connectivity index (χ3n) is 6.74. The normalized spacial score (nSPS) is 22.0. The molecule has 1 aliphatic carbocycles. The van der Waals surface area contributed by atoms with Crippen LogP contribution in [0.3, 0.4) is 0 Å². The highest BCUT2D eigenvalue weighted by molar-refractivity contribution is 7.16. The van der Waals surface area contributed by atoms with Gasteiger partial charge in [0.25, 0.3) is 5.91 Å². The zero-order valence-corrected chi connectivity index (χ0v) is 18.4. The fraction of sp³-hybridized carbons (Fsp3) is 0.417. The van der Waals surface area contributed by atoms with E-state index in [2.05, 4.69) is 5.32 Å². The molecule has 2 aromatic heterocycles. The molecule has 0 unspecified atom stereocenters. The van der Waals surface area contributed by atoms with Gasteiger partial charge in [-0.15, -0.1) is 11.3 Å². The highest BCUT2D eigenvalue weighted by atomic mass is 32.1. The maximum atomic E-state index is 14.5. The lowest BCUT2D eigenvalue weighted by Gasteiger charge is -2.44. The molecule has 3 aromatic rings. The first kappa shape index (κ1) is 20.2. The van der Waals surface area contributed by atoms with Gasteiger partial charge in [-0.05, 0) is 43.3 Å². The van der Waals surface area contributed by atoms with Gasteiger partial charge in [0.1, 0.15) is 21.9 Å². The number of halogens is 1. The Labute approximate surface area is 184 Å². The van der Waals surface area contributed by atoms with E-state index in [0.29, 0.717) is 17.8 Å². The van der Waals surface area contributed by atoms with Crippen molar-refractivity contribution in [2.24, 2.45) is 0 Å². The van der Waals surface area contributed by atoms with Crippen LogP contribution in [-0.4, -0.2) is 32.9 Å². The topological polar surface area (TPSA) is 54.3 Å². The van der Waals surface area contributed by atoms with Crippen molar-refractivity contribution in [3.05, 3.63) is 58.9 Å². The van der Waals surface area contributed by atoms with Gasteiger partial charge in [-0.25, -0.2) is 4.39 Å². The van der Waals surface area contributed by atoms with Gasteiger partial charge in [0.05, 0.1) is 13.1 Å². The number of aromatic nitrogens is 1. The van der Waals surface area contributed by atoms with Gasteiger partial charge < -0.3 is 14.8 Å². The first-order valence-electron chi connectivity index (χ1n) is 10.9. The number of nitrogens with one attached hydrogen (secondary N) is 1. The molecule has 2 amide bonds. The van der Waals surface area contributed by atoms with Crippen molar-refractivity contribution >= 4 is 33.4 Å². The Hall–Kier alpha value is -2.67. The lowest BCUT2D eigenvalue weighted by atomic mass is 9.91. The Morgan fingerprint density at radius 3 is 2.77 bits per heavy atom. The molecule has 5 rings (SSSR count). The summed E-state index contributed by atoms with van der Waals surface area (Å²) in [7, 11) is 0. The Morgan fingerprint density at radius 2 is 2.00 bits per heavy atom. The van der Waals surface area contributed by atoms with Gasteiger partial charge in [0, 0.05) is 17.0 Å². The van der Waals surface area contributed by atoms with E-state index in [-0.39, 0.29) is 30.2 Å². The maximum Gasteiger partial charge on any atom is 0.271 e. The molecule has 0 radical (unpaired) electrons. The number of amides is 2. The van der Waals surface area contributed by atoms with Crippen LogP contribution in [0.1, 0.15) is 55.1 Å². The minimum Gasteiger partial charge on any atom is -0.351 e. The molecule has 31 heavy (non-hydrogen) atoms. The number of hydrogen-bond donors (Lipinski definition) is 1. The average molecular weight is 440 g/mol. The molecule has 1 aliphatic heterocycles. The Kier molecular flexibility index (Phi) is 5.08. The van der Waals surface area contributed by atoms with E-state index in [9.17, 15) is 14.0 Å². The molecular weight excluding hydrogens is 413 g/mol. The number of thiophene rings is 1. The molecule has 0 bridgehead atoms. The number of rotatable bonds is 4. The lowest BCUT2D eigenvalue weighted by molar-refractivity contribution is -0.134. The first-order chi connectivity index (χ1) is 15.0. The van der Waals surface area contributed by atoms with Crippen LogP contribution in [0.15, 0.2) is 41.8 Å². The number of carbonyl (C=O) groups excluding carboxylic acids is 2. The smallest absolute Gasteiger partial charge is 0.271 e. The maximum absolute atomic E-state index is 14.5. The fourth-order valence-electron chi connectivity index (χ4n) is 4.89. The minimum absolute atomic E-state index is 0.0545. The van der Waals surface area contributed by atoms with E-state index < -0.39 is 5.54 Å². The summed E-state index contributed by atoms with van der Waals surface area (Å²) in [6, 6.07) is 10.4. The zero-order valence-electron chi connectivity index (χ0n) is 17.6. The van der Waals surface area contributed by atoms with Crippen molar-refractivity contribution in [1.29, 1.82) is 0 Å². The summed E-state index contributed by atoms with van der Waals surface area (Å²) in [5, 5.41) is 6.20. The molecule has 1 aromatic carbocycles. The van der Waals surface area contributed by atoms with Crippen molar-refractivity contribution in [2.75, 3.05) is 0 Å². The van der Waals surface area contributed by atoms with Crippen molar-refractivity contribution in [3.8, 4) is 0 Å². The van der Waals surface area contributed by atoms with E-state index in [0.717, 1.165) is 35.9 Å². The van der Waals surface area contributed by atoms with Gasteiger partial charge in [0.15, 0.2) is 0 Å². The van der Waals surface area contributed by atoms with E-state index in [1.54, 1.807) is 34.4 Å². The molecule has 0 saturated heterocycles. The second kappa shape index (κ2) is 7.79. The molecule has 1 N–H and O–H groups in total. The third-order valence-corrected chi connectivity index (χ3v) is 7.70. The summed E-state index contributed by atoms with van der Waals surface area (Å²) in [5.41, 5.74) is -0.143. The van der Waals surface area contributed by atoms with Gasteiger partial charge >= 0.3 is 0 Å². The Morgan fingerprint density at radius 1 is 1.23 bits per heavy atom. The fourth-order valence-corrected chi connectivity index (χ4v) is 5.79. The zero-order chi connectivity index (χ0) is 21.6. The Balaban J connectivity index is 1.54.